The lowest BCUT2D eigenvalue weighted by molar-refractivity contribution is -0.384. The standard InChI is InChI=1S/C19H17ClN4O4/c1-2-9-23(19(26)12-3-6-14(7-4-12)24(27)28)11-17-21-16-10-13(20)5-8-15(16)18(25)22-17/h3-8,10H,2,9,11H2,1H3,(H,21,22,25). The van der Waals surface area contributed by atoms with Crippen molar-refractivity contribution in [3.8, 4) is 0 Å². The van der Waals surface area contributed by atoms with Crippen LogP contribution in [0.15, 0.2) is 47.3 Å². The van der Waals surface area contributed by atoms with Gasteiger partial charge in [-0.2, -0.15) is 0 Å². The van der Waals surface area contributed by atoms with Gasteiger partial charge in [-0.25, -0.2) is 4.98 Å². The number of carbonyl (C=O) groups is 1. The topological polar surface area (TPSA) is 109 Å². The number of amides is 1. The van der Waals surface area contributed by atoms with E-state index in [1.807, 2.05) is 6.92 Å². The summed E-state index contributed by atoms with van der Waals surface area (Å²) < 4.78 is 0. The van der Waals surface area contributed by atoms with Gasteiger partial charge >= 0.3 is 0 Å². The average molecular weight is 401 g/mol. The van der Waals surface area contributed by atoms with Crippen LogP contribution in [0.1, 0.15) is 29.5 Å². The van der Waals surface area contributed by atoms with Crippen molar-refractivity contribution in [2.75, 3.05) is 6.54 Å². The summed E-state index contributed by atoms with van der Waals surface area (Å²) in [5, 5.41) is 11.7. The Kier molecular flexibility index (Phi) is 5.70. The van der Waals surface area contributed by atoms with E-state index in [1.165, 1.54) is 29.2 Å². The lowest BCUT2D eigenvalue weighted by Crippen LogP contribution is -2.32. The first kappa shape index (κ1) is 19.5. The van der Waals surface area contributed by atoms with Gasteiger partial charge in [-0.15, -0.1) is 0 Å². The van der Waals surface area contributed by atoms with E-state index in [-0.39, 0.29) is 23.7 Å². The normalized spacial score (nSPS) is 10.8. The minimum absolute atomic E-state index is 0.0870. The highest BCUT2D eigenvalue weighted by Crippen LogP contribution is 2.17. The Morgan fingerprint density at radius 1 is 1.25 bits per heavy atom. The fourth-order valence-corrected chi connectivity index (χ4v) is 3.01. The molecule has 8 nitrogen and oxygen atoms in total. The average Bonchev–Trinajstić information content (AvgIpc) is 2.67. The second-order valence-corrected chi connectivity index (χ2v) is 6.64. The molecule has 2 aromatic carbocycles. The second-order valence-electron chi connectivity index (χ2n) is 6.20. The summed E-state index contributed by atoms with van der Waals surface area (Å²) in [6, 6.07) is 10.2. The Balaban J connectivity index is 1.90. The number of hydrogen-bond acceptors (Lipinski definition) is 5. The molecule has 0 bridgehead atoms. The van der Waals surface area contributed by atoms with Crippen LogP contribution in [0.5, 0.6) is 0 Å². The molecule has 1 N–H and O–H groups in total. The Morgan fingerprint density at radius 3 is 2.61 bits per heavy atom. The van der Waals surface area contributed by atoms with Crippen LogP contribution in [0.25, 0.3) is 10.9 Å². The summed E-state index contributed by atoms with van der Waals surface area (Å²) in [6.45, 7) is 2.46. The number of non-ortho nitro benzene ring substituents is 1. The molecule has 0 aliphatic carbocycles. The number of nitrogens with zero attached hydrogens (tertiary/aromatic N) is 3. The smallest absolute Gasteiger partial charge is 0.269 e. The largest absolute Gasteiger partial charge is 0.331 e. The Labute approximate surface area is 164 Å². The molecule has 1 amide bonds. The second kappa shape index (κ2) is 8.18. The van der Waals surface area contributed by atoms with Crippen LogP contribution < -0.4 is 5.56 Å². The number of H-pyrrole nitrogens is 1. The summed E-state index contributed by atoms with van der Waals surface area (Å²) in [7, 11) is 0. The van der Waals surface area contributed by atoms with Gasteiger partial charge in [-0.3, -0.25) is 19.7 Å². The Morgan fingerprint density at radius 2 is 1.96 bits per heavy atom. The van der Waals surface area contributed by atoms with Crippen molar-refractivity contribution in [3.05, 3.63) is 79.3 Å². The van der Waals surface area contributed by atoms with Crippen LogP contribution >= 0.6 is 11.6 Å². The number of nitro benzene ring substituents is 1. The van der Waals surface area contributed by atoms with Gasteiger partial charge < -0.3 is 9.88 Å². The molecule has 1 heterocycles. The van der Waals surface area contributed by atoms with Gasteiger partial charge in [0.05, 0.1) is 22.4 Å². The van der Waals surface area contributed by atoms with E-state index in [0.29, 0.717) is 40.3 Å². The van der Waals surface area contributed by atoms with E-state index < -0.39 is 4.92 Å². The number of aromatic nitrogens is 2. The molecule has 1 aromatic heterocycles. The number of rotatable bonds is 6. The predicted octanol–water partition coefficient (Wildman–Crippen LogP) is 3.54. The molecule has 3 aromatic rings. The summed E-state index contributed by atoms with van der Waals surface area (Å²) in [6.07, 6.45) is 0.697. The molecule has 0 saturated carbocycles. The first-order valence-electron chi connectivity index (χ1n) is 8.61. The number of halogens is 1. The molecule has 28 heavy (non-hydrogen) atoms. The highest BCUT2D eigenvalue weighted by atomic mass is 35.5. The van der Waals surface area contributed by atoms with Crippen LogP contribution in [0.2, 0.25) is 5.02 Å². The number of nitro groups is 1. The van der Waals surface area contributed by atoms with E-state index >= 15 is 0 Å². The van der Waals surface area contributed by atoms with Gasteiger partial charge in [0.2, 0.25) is 0 Å². The number of hydrogen-bond donors (Lipinski definition) is 1. The third-order valence-corrected chi connectivity index (χ3v) is 4.40. The third-order valence-electron chi connectivity index (χ3n) is 4.16. The molecule has 0 aliphatic rings. The van der Waals surface area contributed by atoms with Crippen molar-refractivity contribution >= 4 is 34.1 Å². The van der Waals surface area contributed by atoms with Crippen molar-refractivity contribution in [2.24, 2.45) is 0 Å². The molecular formula is C19H17ClN4O4. The molecule has 0 saturated heterocycles. The maximum Gasteiger partial charge on any atom is 0.269 e. The highest BCUT2D eigenvalue weighted by Gasteiger charge is 2.18. The SMILES string of the molecule is CCCN(Cc1nc2cc(Cl)ccc2c(=O)[nH]1)C(=O)c1ccc([N+](=O)[O-])cc1. The van der Waals surface area contributed by atoms with Crippen molar-refractivity contribution in [3.63, 3.8) is 0 Å². The Hall–Kier alpha value is -3.26. The van der Waals surface area contributed by atoms with Crippen LogP contribution in [0, 0.1) is 10.1 Å². The Bertz CT molecular complexity index is 1100. The van der Waals surface area contributed by atoms with Gasteiger partial charge in [0, 0.05) is 29.3 Å². The van der Waals surface area contributed by atoms with E-state index in [2.05, 4.69) is 9.97 Å². The lowest BCUT2D eigenvalue weighted by atomic mass is 10.1. The minimum Gasteiger partial charge on any atom is -0.331 e. The van der Waals surface area contributed by atoms with Crippen molar-refractivity contribution in [2.45, 2.75) is 19.9 Å². The summed E-state index contributed by atoms with van der Waals surface area (Å²) in [4.78, 5) is 44.0. The zero-order valence-corrected chi connectivity index (χ0v) is 15.8. The van der Waals surface area contributed by atoms with Gasteiger partial charge in [0.1, 0.15) is 5.82 Å². The predicted molar refractivity (Wildman–Crippen MR) is 106 cm³/mol. The molecule has 144 valence electrons. The highest BCUT2D eigenvalue weighted by molar-refractivity contribution is 6.31. The van der Waals surface area contributed by atoms with E-state index in [9.17, 15) is 19.7 Å². The summed E-state index contributed by atoms with van der Waals surface area (Å²) >= 11 is 5.98. The van der Waals surface area contributed by atoms with Crippen LogP contribution in [0.3, 0.4) is 0 Å². The number of nitrogens with one attached hydrogen (secondary N) is 1. The number of benzene rings is 2. The summed E-state index contributed by atoms with van der Waals surface area (Å²) in [5.41, 5.74) is 0.377. The first-order chi connectivity index (χ1) is 13.4. The fraction of sp³-hybridized carbons (Fsp3) is 0.211. The maximum atomic E-state index is 12.8. The van der Waals surface area contributed by atoms with Gasteiger partial charge in [0.25, 0.3) is 17.2 Å². The third kappa shape index (κ3) is 4.17. The minimum atomic E-state index is -0.521. The number of fused-ring (bicyclic) bond motifs is 1. The van der Waals surface area contributed by atoms with Crippen molar-refractivity contribution < 1.29 is 9.72 Å². The van der Waals surface area contributed by atoms with Gasteiger partial charge in [0.15, 0.2) is 0 Å². The first-order valence-corrected chi connectivity index (χ1v) is 8.99. The zero-order valence-electron chi connectivity index (χ0n) is 15.0. The fourth-order valence-electron chi connectivity index (χ4n) is 2.85. The zero-order chi connectivity index (χ0) is 20.3. The molecule has 0 atom stereocenters. The summed E-state index contributed by atoms with van der Waals surface area (Å²) in [5.74, 6) is 0.0362. The molecule has 9 heteroatoms. The van der Waals surface area contributed by atoms with Crippen molar-refractivity contribution in [1.82, 2.24) is 14.9 Å². The quantitative estimate of drug-likeness (QED) is 0.502. The number of carbonyl (C=O) groups excluding carboxylic acids is 1. The number of aromatic amines is 1. The van der Waals surface area contributed by atoms with Crippen LogP contribution in [-0.2, 0) is 6.54 Å². The molecule has 0 aliphatic heterocycles. The molecule has 0 fully saturated rings. The van der Waals surface area contributed by atoms with Crippen molar-refractivity contribution in [1.29, 1.82) is 0 Å². The molecule has 3 rings (SSSR count). The van der Waals surface area contributed by atoms with E-state index in [0.717, 1.165) is 0 Å². The van der Waals surface area contributed by atoms with Gasteiger partial charge in [-0.1, -0.05) is 18.5 Å². The molecule has 0 spiro atoms. The van der Waals surface area contributed by atoms with Crippen LogP contribution in [-0.4, -0.2) is 32.2 Å². The lowest BCUT2D eigenvalue weighted by Gasteiger charge is -2.21. The monoisotopic (exact) mass is 400 g/mol. The molecule has 0 radical (unpaired) electrons. The van der Waals surface area contributed by atoms with E-state index in [4.69, 9.17) is 11.6 Å². The molecular weight excluding hydrogens is 384 g/mol. The van der Waals surface area contributed by atoms with Crippen LogP contribution in [0.4, 0.5) is 5.69 Å². The van der Waals surface area contributed by atoms with Gasteiger partial charge in [-0.05, 0) is 36.8 Å². The van der Waals surface area contributed by atoms with E-state index in [1.54, 1.807) is 18.2 Å². The maximum absolute atomic E-state index is 12.8. The molecule has 0 unspecified atom stereocenters.